The van der Waals surface area contributed by atoms with Gasteiger partial charge < -0.3 is 15.2 Å². The molecule has 3 rings (SSSR count). The second kappa shape index (κ2) is 5.87. The number of aromatic nitrogens is 1. The van der Waals surface area contributed by atoms with Gasteiger partial charge in [0.15, 0.2) is 0 Å². The summed E-state index contributed by atoms with van der Waals surface area (Å²) in [6, 6.07) is 3.91. The Bertz CT molecular complexity index is 575. The fourth-order valence-corrected chi connectivity index (χ4v) is 3.57. The van der Waals surface area contributed by atoms with E-state index in [9.17, 15) is 9.90 Å². The molecule has 1 heterocycles. The van der Waals surface area contributed by atoms with Crippen LogP contribution in [0.5, 0.6) is 0 Å². The molecule has 2 N–H and O–H groups in total. The van der Waals surface area contributed by atoms with Crippen molar-refractivity contribution >= 4 is 5.91 Å². The minimum atomic E-state index is -0.888. The first kappa shape index (κ1) is 16.4. The summed E-state index contributed by atoms with van der Waals surface area (Å²) >= 11 is 0. The number of nitrogens with one attached hydrogen (secondary N) is 1. The highest BCUT2D eigenvalue weighted by Gasteiger charge is 2.60. The number of pyridine rings is 1. The first-order valence-electron chi connectivity index (χ1n) is 8.40. The monoisotopic (exact) mass is 318 g/mol. The van der Waals surface area contributed by atoms with E-state index in [1.807, 2.05) is 39.1 Å². The molecule has 2 saturated carbocycles. The predicted molar refractivity (Wildman–Crippen MR) is 86.9 cm³/mol. The Morgan fingerprint density at radius 3 is 2.91 bits per heavy atom. The van der Waals surface area contributed by atoms with Crippen LogP contribution in [-0.4, -0.2) is 40.9 Å². The minimum Gasteiger partial charge on any atom is -0.387 e. The lowest BCUT2D eigenvalue weighted by molar-refractivity contribution is -0.238. The van der Waals surface area contributed by atoms with Crippen molar-refractivity contribution in [2.75, 3.05) is 13.2 Å². The SMILES string of the molecule is CCO[C@@H]1C[C@](O)(CNC(=O)[C@H]2C[C@@H]2c2cccnc2)C1(C)C. The molecule has 0 radical (unpaired) electrons. The standard InChI is InChI=1S/C18H26N2O3/c1-4-23-15-9-18(22,17(15,2)3)11-20-16(21)14-8-13(14)12-6-5-7-19-10-12/h5-7,10,13-15,22H,4,8-9,11H2,1-3H3,(H,20,21)/t13-,14+,15-,18+/m1/s1. The van der Waals surface area contributed by atoms with Gasteiger partial charge in [0.25, 0.3) is 0 Å². The van der Waals surface area contributed by atoms with Crippen LogP contribution in [0.1, 0.15) is 45.1 Å². The third kappa shape index (κ3) is 2.88. The molecule has 0 aromatic carbocycles. The number of carbonyl (C=O) groups excluding carboxylic acids is 1. The average molecular weight is 318 g/mol. The maximum absolute atomic E-state index is 12.3. The van der Waals surface area contributed by atoms with E-state index in [1.165, 1.54) is 0 Å². The van der Waals surface area contributed by atoms with Gasteiger partial charge in [0.1, 0.15) is 0 Å². The molecule has 5 nitrogen and oxygen atoms in total. The van der Waals surface area contributed by atoms with Crippen molar-refractivity contribution in [2.24, 2.45) is 11.3 Å². The molecular weight excluding hydrogens is 292 g/mol. The van der Waals surface area contributed by atoms with E-state index in [0.717, 1.165) is 12.0 Å². The summed E-state index contributed by atoms with van der Waals surface area (Å²) in [6.45, 7) is 6.89. The van der Waals surface area contributed by atoms with Crippen molar-refractivity contribution < 1.29 is 14.6 Å². The summed E-state index contributed by atoms with van der Waals surface area (Å²) in [5.41, 5.74) is -0.115. The average Bonchev–Trinajstić information content (AvgIpc) is 3.34. The molecule has 1 aromatic heterocycles. The summed E-state index contributed by atoms with van der Waals surface area (Å²) in [7, 11) is 0. The fourth-order valence-electron chi connectivity index (χ4n) is 3.57. The Kier molecular flexibility index (Phi) is 4.19. The van der Waals surface area contributed by atoms with Crippen molar-refractivity contribution in [1.82, 2.24) is 10.3 Å². The lowest BCUT2D eigenvalue weighted by Crippen LogP contribution is -2.68. The van der Waals surface area contributed by atoms with E-state index in [4.69, 9.17) is 4.74 Å². The van der Waals surface area contributed by atoms with Gasteiger partial charge in [-0.1, -0.05) is 19.9 Å². The third-order valence-electron chi connectivity index (χ3n) is 5.69. The number of hydrogen-bond donors (Lipinski definition) is 2. The number of amides is 1. The third-order valence-corrected chi connectivity index (χ3v) is 5.69. The smallest absolute Gasteiger partial charge is 0.223 e. The zero-order valence-electron chi connectivity index (χ0n) is 14.1. The van der Waals surface area contributed by atoms with Gasteiger partial charge in [-0.3, -0.25) is 9.78 Å². The maximum Gasteiger partial charge on any atom is 0.223 e. The largest absolute Gasteiger partial charge is 0.387 e. The van der Waals surface area contributed by atoms with Crippen molar-refractivity contribution in [3.8, 4) is 0 Å². The molecule has 1 amide bonds. The summed E-state index contributed by atoms with van der Waals surface area (Å²) in [6.07, 6.45) is 5.06. The van der Waals surface area contributed by atoms with Gasteiger partial charge in [-0.05, 0) is 30.9 Å². The molecule has 5 heteroatoms. The molecule has 2 aliphatic rings. The van der Waals surface area contributed by atoms with Crippen LogP contribution in [0.4, 0.5) is 0 Å². The van der Waals surface area contributed by atoms with Crippen LogP contribution in [-0.2, 0) is 9.53 Å². The molecule has 1 aromatic rings. The summed E-state index contributed by atoms with van der Waals surface area (Å²) in [5, 5.41) is 13.7. The fraction of sp³-hybridized carbons (Fsp3) is 0.667. The van der Waals surface area contributed by atoms with E-state index in [2.05, 4.69) is 10.3 Å². The molecule has 126 valence electrons. The topological polar surface area (TPSA) is 71.5 Å². The normalized spacial score (nSPS) is 34.5. The van der Waals surface area contributed by atoms with E-state index >= 15 is 0 Å². The minimum absolute atomic E-state index is 0.00803. The number of carbonyl (C=O) groups is 1. The lowest BCUT2D eigenvalue weighted by atomic mass is 9.56. The number of hydrogen-bond acceptors (Lipinski definition) is 4. The van der Waals surface area contributed by atoms with Crippen molar-refractivity contribution in [3.63, 3.8) is 0 Å². The van der Waals surface area contributed by atoms with Gasteiger partial charge in [0.05, 0.1) is 11.7 Å². The molecule has 0 aliphatic heterocycles. The molecule has 4 atom stereocenters. The summed E-state index contributed by atoms with van der Waals surface area (Å²) in [5.74, 6) is 0.306. The van der Waals surface area contributed by atoms with Gasteiger partial charge in [0.2, 0.25) is 5.91 Å². The second-order valence-corrected chi connectivity index (χ2v) is 7.35. The zero-order valence-corrected chi connectivity index (χ0v) is 14.1. The maximum atomic E-state index is 12.3. The van der Waals surface area contributed by atoms with Gasteiger partial charge >= 0.3 is 0 Å². The van der Waals surface area contributed by atoms with Crippen LogP contribution >= 0.6 is 0 Å². The molecule has 0 unspecified atom stereocenters. The number of aliphatic hydroxyl groups is 1. The highest BCUT2D eigenvalue weighted by atomic mass is 16.5. The first-order valence-corrected chi connectivity index (χ1v) is 8.40. The lowest BCUT2D eigenvalue weighted by Gasteiger charge is -2.57. The Balaban J connectivity index is 1.51. The van der Waals surface area contributed by atoms with E-state index in [1.54, 1.807) is 6.20 Å². The van der Waals surface area contributed by atoms with Crippen LogP contribution in [0, 0.1) is 11.3 Å². The van der Waals surface area contributed by atoms with Gasteiger partial charge in [0, 0.05) is 43.3 Å². The van der Waals surface area contributed by atoms with Gasteiger partial charge in [-0.2, -0.15) is 0 Å². The second-order valence-electron chi connectivity index (χ2n) is 7.35. The summed E-state index contributed by atoms with van der Waals surface area (Å²) < 4.78 is 5.65. The molecule has 0 spiro atoms. The van der Waals surface area contributed by atoms with Crippen LogP contribution < -0.4 is 5.32 Å². The van der Waals surface area contributed by atoms with E-state index < -0.39 is 5.60 Å². The van der Waals surface area contributed by atoms with Crippen LogP contribution in [0.3, 0.4) is 0 Å². The Hall–Kier alpha value is -1.46. The highest BCUT2D eigenvalue weighted by molar-refractivity contribution is 5.83. The van der Waals surface area contributed by atoms with Crippen molar-refractivity contribution in [1.29, 1.82) is 0 Å². The number of ether oxygens (including phenoxy) is 1. The number of rotatable bonds is 6. The van der Waals surface area contributed by atoms with E-state index in [0.29, 0.717) is 19.6 Å². The van der Waals surface area contributed by atoms with Crippen molar-refractivity contribution in [2.45, 2.75) is 51.2 Å². The first-order chi connectivity index (χ1) is 10.9. The quantitative estimate of drug-likeness (QED) is 0.840. The Morgan fingerprint density at radius 2 is 2.30 bits per heavy atom. The Labute approximate surface area is 137 Å². The van der Waals surface area contributed by atoms with E-state index in [-0.39, 0.29) is 29.3 Å². The van der Waals surface area contributed by atoms with Gasteiger partial charge in [-0.15, -0.1) is 0 Å². The molecule has 0 bridgehead atoms. The van der Waals surface area contributed by atoms with Crippen molar-refractivity contribution in [3.05, 3.63) is 30.1 Å². The molecule has 23 heavy (non-hydrogen) atoms. The van der Waals surface area contributed by atoms with Gasteiger partial charge in [-0.25, -0.2) is 0 Å². The summed E-state index contributed by atoms with van der Waals surface area (Å²) in [4.78, 5) is 16.4. The molecular formula is C18H26N2O3. The molecule has 0 saturated heterocycles. The van der Waals surface area contributed by atoms with Crippen LogP contribution in [0.15, 0.2) is 24.5 Å². The Morgan fingerprint density at radius 1 is 1.52 bits per heavy atom. The number of nitrogens with zero attached hydrogens (tertiary/aromatic N) is 1. The van der Waals surface area contributed by atoms with Crippen LogP contribution in [0.25, 0.3) is 0 Å². The molecule has 2 fully saturated rings. The zero-order chi connectivity index (χ0) is 16.7. The molecule has 2 aliphatic carbocycles. The van der Waals surface area contributed by atoms with Crippen LogP contribution in [0.2, 0.25) is 0 Å². The predicted octanol–water partition coefficient (Wildman–Crippen LogP) is 1.87. The highest BCUT2D eigenvalue weighted by Crippen LogP contribution is 2.51.